The zero-order valence-electron chi connectivity index (χ0n) is 13.3. The first-order valence-corrected chi connectivity index (χ1v) is 9.00. The predicted octanol–water partition coefficient (Wildman–Crippen LogP) is 3.72. The van der Waals surface area contributed by atoms with Crippen LogP contribution < -0.4 is 9.47 Å². The fraction of sp³-hybridized carbons (Fsp3) is 0.118. The van der Waals surface area contributed by atoms with E-state index >= 15 is 0 Å². The van der Waals surface area contributed by atoms with Crippen molar-refractivity contribution in [2.75, 3.05) is 13.4 Å². The molecule has 1 heterocycles. The molecule has 8 heteroatoms. The monoisotopic (exact) mass is 365 g/mol. The Bertz CT molecular complexity index is 1050. The minimum atomic E-state index is -3.50. The molecule has 0 saturated heterocycles. The molecule has 0 radical (unpaired) electrons. The van der Waals surface area contributed by atoms with Crippen molar-refractivity contribution in [2.24, 2.45) is 0 Å². The van der Waals surface area contributed by atoms with Crippen LogP contribution in [0.4, 0.5) is 8.78 Å². The number of methoxy groups -OCH3 is 1. The minimum Gasteiger partial charge on any atom is -0.493 e. The van der Waals surface area contributed by atoms with Crippen LogP contribution in [0.1, 0.15) is 0 Å². The lowest BCUT2D eigenvalue weighted by molar-refractivity contribution is 0.362. The van der Waals surface area contributed by atoms with Crippen LogP contribution in [0.2, 0.25) is 0 Å². The highest BCUT2D eigenvalue weighted by Crippen LogP contribution is 2.39. The van der Waals surface area contributed by atoms with Gasteiger partial charge < -0.3 is 9.47 Å². The molecule has 0 N–H and O–H groups in total. The Morgan fingerprint density at radius 3 is 2.24 bits per heavy atom. The van der Waals surface area contributed by atoms with Gasteiger partial charge in [0, 0.05) is 11.6 Å². The molecule has 0 unspecified atom stereocenters. The number of fused-ring (bicyclic) bond motifs is 1. The average Bonchev–Trinajstić information content (AvgIpc) is 2.56. The highest BCUT2D eigenvalue weighted by molar-refractivity contribution is 7.90. The van der Waals surface area contributed by atoms with E-state index in [1.54, 1.807) is 0 Å². The molecular formula is C17H13F2NO4S. The maximum absolute atomic E-state index is 13.9. The van der Waals surface area contributed by atoms with Crippen molar-refractivity contribution in [1.29, 1.82) is 0 Å². The van der Waals surface area contributed by atoms with Crippen LogP contribution in [-0.2, 0) is 9.84 Å². The summed E-state index contributed by atoms with van der Waals surface area (Å²) in [6.45, 7) is 0. The van der Waals surface area contributed by atoms with Gasteiger partial charge >= 0.3 is 0 Å². The lowest BCUT2D eigenvalue weighted by Crippen LogP contribution is -2.01. The topological polar surface area (TPSA) is 65.5 Å². The highest BCUT2D eigenvalue weighted by atomic mass is 32.2. The van der Waals surface area contributed by atoms with Gasteiger partial charge in [-0.25, -0.2) is 22.2 Å². The fourth-order valence-corrected chi connectivity index (χ4v) is 2.87. The van der Waals surface area contributed by atoms with Crippen molar-refractivity contribution in [1.82, 2.24) is 4.98 Å². The van der Waals surface area contributed by atoms with E-state index in [9.17, 15) is 17.2 Å². The fourth-order valence-electron chi connectivity index (χ4n) is 2.29. The molecule has 3 aromatic rings. The number of para-hydroxylation sites is 1. The molecule has 3 rings (SSSR count). The molecule has 1 aromatic heterocycles. The second-order valence-corrected chi connectivity index (χ2v) is 7.20. The normalized spacial score (nSPS) is 11.5. The summed E-state index contributed by atoms with van der Waals surface area (Å²) >= 11 is 0. The first kappa shape index (κ1) is 17.1. The van der Waals surface area contributed by atoms with Crippen molar-refractivity contribution < 1.29 is 26.7 Å². The number of nitrogens with zero attached hydrogens (tertiary/aromatic N) is 1. The van der Waals surface area contributed by atoms with Crippen LogP contribution in [0.15, 0.2) is 47.5 Å². The van der Waals surface area contributed by atoms with Crippen molar-refractivity contribution in [3.8, 4) is 17.2 Å². The molecule has 0 spiro atoms. The Balaban J connectivity index is 2.22. The summed E-state index contributed by atoms with van der Waals surface area (Å²) in [6, 6.07) is 9.11. The summed E-state index contributed by atoms with van der Waals surface area (Å²) in [5.74, 6) is -2.07. The lowest BCUT2D eigenvalue weighted by Gasteiger charge is -2.14. The largest absolute Gasteiger partial charge is 0.493 e. The van der Waals surface area contributed by atoms with Gasteiger partial charge in [0.15, 0.2) is 43.7 Å². The molecule has 25 heavy (non-hydrogen) atoms. The number of rotatable bonds is 4. The van der Waals surface area contributed by atoms with Crippen LogP contribution >= 0.6 is 0 Å². The van der Waals surface area contributed by atoms with E-state index in [1.807, 2.05) is 0 Å². The van der Waals surface area contributed by atoms with Gasteiger partial charge in [-0.1, -0.05) is 6.07 Å². The van der Waals surface area contributed by atoms with E-state index in [-0.39, 0.29) is 22.0 Å². The van der Waals surface area contributed by atoms with E-state index in [1.165, 1.54) is 37.4 Å². The van der Waals surface area contributed by atoms with Crippen molar-refractivity contribution in [2.45, 2.75) is 5.03 Å². The summed E-state index contributed by atoms with van der Waals surface area (Å²) in [5, 5.41) is 0.239. The third kappa shape index (κ3) is 3.25. The van der Waals surface area contributed by atoms with Crippen LogP contribution in [0, 0.1) is 11.6 Å². The number of hydrogen-bond donors (Lipinski definition) is 0. The van der Waals surface area contributed by atoms with E-state index in [0.717, 1.165) is 18.4 Å². The highest BCUT2D eigenvalue weighted by Gasteiger charge is 2.18. The van der Waals surface area contributed by atoms with E-state index in [2.05, 4.69) is 4.98 Å². The van der Waals surface area contributed by atoms with E-state index in [0.29, 0.717) is 5.39 Å². The molecule has 0 aliphatic carbocycles. The lowest BCUT2D eigenvalue weighted by atomic mass is 10.2. The third-order valence-corrected chi connectivity index (χ3v) is 4.47. The van der Waals surface area contributed by atoms with Gasteiger partial charge in [0.2, 0.25) is 0 Å². The zero-order valence-corrected chi connectivity index (χ0v) is 14.1. The van der Waals surface area contributed by atoms with Gasteiger partial charge in [-0.05, 0) is 36.4 Å². The van der Waals surface area contributed by atoms with Crippen molar-refractivity contribution in [3.63, 3.8) is 0 Å². The Hall–Kier alpha value is -2.74. The van der Waals surface area contributed by atoms with Crippen LogP contribution in [0.3, 0.4) is 0 Å². The number of ether oxygens (including phenoxy) is 2. The maximum Gasteiger partial charge on any atom is 0.198 e. The molecule has 2 aromatic carbocycles. The first-order valence-electron chi connectivity index (χ1n) is 7.11. The summed E-state index contributed by atoms with van der Waals surface area (Å²) in [6.07, 6.45) is 1.04. The molecule has 0 aliphatic heterocycles. The number of benzene rings is 2. The molecule has 0 saturated carbocycles. The number of pyridine rings is 1. The van der Waals surface area contributed by atoms with E-state index in [4.69, 9.17) is 9.47 Å². The SMILES string of the molecule is COc1ccc2nc(S(C)(=O)=O)ccc2c1Oc1c(F)cccc1F. The Kier molecular flexibility index (Phi) is 4.30. The zero-order chi connectivity index (χ0) is 18.2. The molecule has 5 nitrogen and oxygen atoms in total. The van der Waals surface area contributed by atoms with Crippen molar-refractivity contribution in [3.05, 3.63) is 54.1 Å². The molecule has 0 fully saturated rings. The second-order valence-electron chi connectivity index (χ2n) is 5.24. The van der Waals surface area contributed by atoms with Gasteiger partial charge in [-0.15, -0.1) is 0 Å². The van der Waals surface area contributed by atoms with Crippen LogP contribution in [0.5, 0.6) is 17.2 Å². The molecular weight excluding hydrogens is 352 g/mol. The molecule has 130 valence electrons. The first-order chi connectivity index (χ1) is 11.8. The Morgan fingerprint density at radius 2 is 1.64 bits per heavy atom. The van der Waals surface area contributed by atoms with Gasteiger partial charge in [-0.2, -0.15) is 0 Å². The molecule has 0 atom stereocenters. The summed E-state index contributed by atoms with van der Waals surface area (Å²) < 4.78 is 61.7. The summed E-state index contributed by atoms with van der Waals surface area (Å²) in [5.41, 5.74) is 0.287. The standard InChI is InChI=1S/C17H13F2NO4S/c1-23-14-8-7-13-10(6-9-15(20-13)25(2,21)22)16(14)24-17-11(18)4-3-5-12(17)19/h3-9H,1-2H3. The maximum atomic E-state index is 13.9. The number of aromatic nitrogens is 1. The molecule has 0 amide bonds. The van der Waals surface area contributed by atoms with Crippen molar-refractivity contribution >= 4 is 20.7 Å². The number of halogens is 2. The van der Waals surface area contributed by atoms with Gasteiger partial charge in [0.05, 0.1) is 12.6 Å². The summed E-state index contributed by atoms with van der Waals surface area (Å²) in [4.78, 5) is 4.06. The third-order valence-electron chi connectivity index (χ3n) is 3.48. The second kappa shape index (κ2) is 6.29. The molecule has 0 aliphatic rings. The quantitative estimate of drug-likeness (QED) is 0.705. The summed E-state index contributed by atoms with van der Waals surface area (Å²) in [7, 11) is -2.12. The van der Waals surface area contributed by atoms with Crippen LogP contribution in [0.25, 0.3) is 10.9 Å². The average molecular weight is 365 g/mol. The smallest absolute Gasteiger partial charge is 0.198 e. The van der Waals surface area contributed by atoms with Gasteiger partial charge in [-0.3, -0.25) is 0 Å². The predicted molar refractivity (Wildman–Crippen MR) is 87.8 cm³/mol. The number of hydrogen-bond acceptors (Lipinski definition) is 5. The number of sulfone groups is 1. The Morgan fingerprint density at radius 1 is 0.960 bits per heavy atom. The van der Waals surface area contributed by atoms with Gasteiger partial charge in [0.1, 0.15) is 0 Å². The molecule has 0 bridgehead atoms. The van der Waals surface area contributed by atoms with E-state index < -0.39 is 27.2 Å². The van der Waals surface area contributed by atoms with Crippen LogP contribution in [-0.4, -0.2) is 26.8 Å². The minimum absolute atomic E-state index is 0.0385. The Labute approximate surface area is 142 Å². The van der Waals surface area contributed by atoms with Gasteiger partial charge in [0.25, 0.3) is 0 Å².